The van der Waals surface area contributed by atoms with Gasteiger partial charge in [0.1, 0.15) is 6.04 Å². The highest BCUT2D eigenvalue weighted by molar-refractivity contribution is 6.31. The van der Waals surface area contributed by atoms with E-state index in [0.29, 0.717) is 37.4 Å². The van der Waals surface area contributed by atoms with Gasteiger partial charge in [0.05, 0.1) is 0 Å². The number of carbonyl (C=O) groups excluding carboxylic acids is 2. The maximum atomic E-state index is 13.4. The van der Waals surface area contributed by atoms with Gasteiger partial charge in [0.15, 0.2) is 0 Å². The predicted molar refractivity (Wildman–Crippen MR) is 127 cm³/mol. The summed E-state index contributed by atoms with van der Waals surface area (Å²) in [6.07, 6.45) is 1.48. The van der Waals surface area contributed by atoms with E-state index in [2.05, 4.69) is 29.6 Å². The number of nitrogens with one attached hydrogen (secondary N) is 1. The molecular formula is C26H29ClN2O2. The lowest BCUT2D eigenvalue weighted by molar-refractivity contribution is -0.141. The first kappa shape index (κ1) is 22.8. The number of fused-ring (bicyclic) bond motifs is 1. The Morgan fingerprint density at radius 3 is 2.35 bits per heavy atom. The largest absolute Gasteiger partial charge is 0.355 e. The first-order chi connectivity index (χ1) is 15.0. The summed E-state index contributed by atoms with van der Waals surface area (Å²) < 4.78 is 0. The van der Waals surface area contributed by atoms with Crippen LogP contribution in [0.15, 0.2) is 66.7 Å². The van der Waals surface area contributed by atoms with E-state index in [4.69, 9.17) is 11.6 Å². The molecule has 1 atom stereocenters. The molecule has 3 rings (SSSR count). The van der Waals surface area contributed by atoms with Crippen LogP contribution in [0.25, 0.3) is 10.8 Å². The van der Waals surface area contributed by atoms with Crippen LogP contribution in [0.4, 0.5) is 0 Å². The standard InChI is InChI=1S/C26H29ClN2O2/c1-3-24(26(31)28-4-2)29(18-21-11-6-8-15-23(21)27)25(30)17-16-20-13-9-12-19-10-5-7-14-22(19)20/h5-15,24H,3-4,16-18H2,1-2H3,(H,28,31)/t24-/m0/s1. The molecule has 0 saturated heterocycles. The van der Waals surface area contributed by atoms with Gasteiger partial charge in [-0.25, -0.2) is 0 Å². The molecule has 4 nitrogen and oxygen atoms in total. The molecule has 3 aromatic carbocycles. The van der Waals surface area contributed by atoms with E-state index in [1.54, 1.807) is 4.90 Å². The molecule has 162 valence electrons. The zero-order valence-corrected chi connectivity index (χ0v) is 18.9. The van der Waals surface area contributed by atoms with Crippen molar-refractivity contribution in [3.63, 3.8) is 0 Å². The second-order valence-electron chi connectivity index (χ2n) is 7.57. The molecule has 0 fully saturated rings. The number of hydrogen-bond donors (Lipinski definition) is 1. The smallest absolute Gasteiger partial charge is 0.242 e. The maximum absolute atomic E-state index is 13.4. The molecular weight excluding hydrogens is 408 g/mol. The minimum absolute atomic E-state index is 0.0500. The van der Waals surface area contributed by atoms with Crippen LogP contribution in [-0.4, -0.2) is 29.3 Å². The normalized spacial score (nSPS) is 11.8. The average Bonchev–Trinajstić information content (AvgIpc) is 2.78. The number of nitrogens with zero attached hydrogens (tertiary/aromatic N) is 1. The summed E-state index contributed by atoms with van der Waals surface area (Å²) >= 11 is 6.36. The van der Waals surface area contributed by atoms with Gasteiger partial charge in [0.25, 0.3) is 0 Å². The highest BCUT2D eigenvalue weighted by Crippen LogP contribution is 2.23. The van der Waals surface area contributed by atoms with Crippen molar-refractivity contribution in [1.29, 1.82) is 0 Å². The Balaban J connectivity index is 1.84. The number of amides is 2. The van der Waals surface area contributed by atoms with Gasteiger partial charge in [-0.3, -0.25) is 9.59 Å². The average molecular weight is 437 g/mol. The third-order valence-corrected chi connectivity index (χ3v) is 5.89. The van der Waals surface area contributed by atoms with Crippen molar-refractivity contribution in [3.8, 4) is 0 Å². The van der Waals surface area contributed by atoms with E-state index in [9.17, 15) is 9.59 Å². The van der Waals surface area contributed by atoms with E-state index < -0.39 is 6.04 Å². The topological polar surface area (TPSA) is 49.4 Å². The van der Waals surface area contributed by atoms with Crippen molar-refractivity contribution < 1.29 is 9.59 Å². The van der Waals surface area contributed by atoms with Crippen LogP contribution >= 0.6 is 11.6 Å². The number of likely N-dealkylation sites (N-methyl/N-ethyl adjacent to an activating group) is 1. The Labute approximate surface area is 189 Å². The Hall–Kier alpha value is -2.85. The van der Waals surface area contributed by atoms with E-state index in [1.165, 1.54) is 0 Å². The summed E-state index contributed by atoms with van der Waals surface area (Å²) in [7, 11) is 0. The zero-order chi connectivity index (χ0) is 22.2. The van der Waals surface area contributed by atoms with Crippen LogP contribution in [-0.2, 0) is 22.6 Å². The highest BCUT2D eigenvalue weighted by Gasteiger charge is 2.28. The second kappa shape index (κ2) is 11.0. The maximum Gasteiger partial charge on any atom is 0.242 e. The highest BCUT2D eigenvalue weighted by atomic mass is 35.5. The SMILES string of the molecule is CCNC(=O)[C@H](CC)N(Cc1ccccc1Cl)C(=O)CCc1cccc2ccccc12. The fourth-order valence-corrected chi connectivity index (χ4v) is 4.11. The fraction of sp³-hybridized carbons (Fsp3) is 0.308. The van der Waals surface area contributed by atoms with Crippen LogP contribution in [0.2, 0.25) is 5.02 Å². The van der Waals surface area contributed by atoms with Crippen LogP contribution in [0.3, 0.4) is 0 Å². The first-order valence-electron chi connectivity index (χ1n) is 10.8. The van der Waals surface area contributed by atoms with Gasteiger partial charge in [-0.05, 0) is 47.7 Å². The molecule has 2 amide bonds. The van der Waals surface area contributed by atoms with Gasteiger partial charge in [-0.1, -0.05) is 79.2 Å². The summed E-state index contributed by atoms with van der Waals surface area (Å²) in [5, 5.41) is 5.78. The number of carbonyl (C=O) groups is 2. The molecule has 0 unspecified atom stereocenters. The van der Waals surface area contributed by atoms with E-state index in [0.717, 1.165) is 21.9 Å². The summed E-state index contributed by atoms with van der Waals surface area (Å²) in [5.41, 5.74) is 1.97. The molecule has 0 aliphatic rings. The summed E-state index contributed by atoms with van der Waals surface area (Å²) in [6.45, 7) is 4.64. The van der Waals surface area contributed by atoms with Crippen molar-refractivity contribution in [2.45, 2.75) is 45.7 Å². The van der Waals surface area contributed by atoms with Gasteiger partial charge in [-0.15, -0.1) is 0 Å². The molecule has 0 radical (unpaired) electrons. The van der Waals surface area contributed by atoms with Crippen LogP contribution in [0, 0.1) is 0 Å². The van der Waals surface area contributed by atoms with E-state index in [-0.39, 0.29) is 11.8 Å². The molecule has 31 heavy (non-hydrogen) atoms. The summed E-state index contributed by atoms with van der Waals surface area (Å²) in [5.74, 6) is -0.179. The second-order valence-corrected chi connectivity index (χ2v) is 7.98. The molecule has 0 spiro atoms. The molecule has 0 saturated carbocycles. The Morgan fingerprint density at radius 1 is 0.935 bits per heavy atom. The van der Waals surface area contributed by atoms with E-state index >= 15 is 0 Å². The number of rotatable bonds is 9. The molecule has 0 bridgehead atoms. The Bertz CT molecular complexity index is 1050. The minimum atomic E-state index is -0.531. The minimum Gasteiger partial charge on any atom is -0.355 e. The van der Waals surface area contributed by atoms with Gasteiger partial charge >= 0.3 is 0 Å². The van der Waals surface area contributed by atoms with Crippen LogP contribution in [0.5, 0.6) is 0 Å². The zero-order valence-electron chi connectivity index (χ0n) is 18.1. The molecule has 5 heteroatoms. The molecule has 0 aliphatic heterocycles. The number of hydrogen-bond acceptors (Lipinski definition) is 2. The third kappa shape index (κ3) is 5.65. The number of halogens is 1. The fourth-order valence-electron chi connectivity index (χ4n) is 3.92. The quantitative estimate of drug-likeness (QED) is 0.490. The van der Waals surface area contributed by atoms with Gasteiger partial charge < -0.3 is 10.2 Å². The molecule has 0 heterocycles. The van der Waals surface area contributed by atoms with Gasteiger partial charge in [-0.2, -0.15) is 0 Å². The summed E-state index contributed by atoms with van der Waals surface area (Å²) in [4.78, 5) is 27.8. The van der Waals surface area contributed by atoms with Crippen LogP contribution < -0.4 is 5.32 Å². The molecule has 3 aromatic rings. The van der Waals surface area contributed by atoms with Crippen LogP contribution in [0.1, 0.15) is 37.8 Å². The number of benzene rings is 3. The lowest BCUT2D eigenvalue weighted by Crippen LogP contribution is -2.49. The van der Waals surface area contributed by atoms with Gasteiger partial charge in [0, 0.05) is 24.5 Å². The van der Waals surface area contributed by atoms with Crippen molar-refractivity contribution >= 4 is 34.2 Å². The van der Waals surface area contributed by atoms with Crippen molar-refractivity contribution in [2.75, 3.05) is 6.54 Å². The molecule has 0 aliphatic carbocycles. The third-order valence-electron chi connectivity index (χ3n) is 5.52. The lowest BCUT2D eigenvalue weighted by Gasteiger charge is -2.31. The van der Waals surface area contributed by atoms with Crippen molar-refractivity contribution in [2.24, 2.45) is 0 Å². The summed E-state index contributed by atoms with van der Waals surface area (Å²) in [6, 6.07) is 21.3. The van der Waals surface area contributed by atoms with Crippen molar-refractivity contribution in [3.05, 3.63) is 82.9 Å². The Kier molecular flexibility index (Phi) is 8.07. The lowest BCUT2D eigenvalue weighted by atomic mass is 10.00. The Morgan fingerprint density at radius 2 is 1.61 bits per heavy atom. The molecule has 1 N–H and O–H groups in total. The first-order valence-corrected chi connectivity index (χ1v) is 11.2. The number of aryl methyl sites for hydroxylation is 1. The molecule has 0 aromatic heterocycles. The predicted octanol–water partition coefficient (Wildman–Crippen LogP) is 5.37. The monoisotopic (exact) mass is 436 g/mol. The van der Waals surface area contributed by atoms with Crippen molar-refractivity contribution in [1.82, 2.24) is 10.2 Å². The van der Waals surface area contributed by atoms with Gasteiger partial charge in [0.2, 0.25) is 11.8 Å². The van der Waals surface area contributed by atoms with E-state index in [1.807, 2.05) is 56.3 Å².